The third-order valence-electron chi connectivity index (χ3n) is 4.89. The van der Waals surface area contributed by atoms with E-state index in [-0.39, 0.29) is 11.5 Å². The summed E-state index contributed by atoms with van der Waals surface area (Å²) in [6.45, 7) is 4.75. The molecule has 2 atom stereocenters. The number of nitrogens with one attached hydrogen (secondary N) is 3. The van der Waals surface area contributed by atoms with Gasteiger partial charge in [-0.15, -0.1) is 0 Å². The minimum Gasteiger partial charge on any atom is -0.348 e. The highest BCUT2D eigenvalue weighted by atomic mass is 19.4. The highest BCUT2D eigenvalue weighted by molar-refractivity contribution is 5.94. The van der Waals surface area contributed by atoms with Gasteiger partial charge in [0.05, 0.1) is 5.56 Å². The van der Waals surface area contributed by atoms with Crippen LogP contribution in [0.4, 0.5) is 13.2 Å². The smallest absolute Gasteiger partial charge is 0.348 e. The summed E-state index contributed by atoms with van der Waals surface area (Å²) in [6.07, 6.45) is -3.66. The highest BCUT2D eigenvalue weighted by Gasteiger charge is 2.35. The second-order valence-corrected chi connectivity index (χ2v) is 6.59. The lowest BCUT2D eigenvalue weighted by Gasteiger charge is -2.24. The maximum absolute atomic E-state index is 13.2. The normalized spacial score (nSPS) is 16.7. The Hall–Kier alpha value is -2.35. The Balaban J connectivity index is 1.77. The quantitative estimate of drug-likeness (QED) is 0.779. The van der Waals surface area contributed by atoms with E-state index in [0.29, 0.717) is 12.2 Å². The first-order valence-corrected chi connectivity index (χ1v) is 8.53. The van der Waals surface area contributed by atoms with Gasteiger partial charge in [0.1, 0.15) is 0 Å². The van der Waals surface area contributed by atoms with E-state index in [1.54, 1.807) is 19.9 Å². The minimum atomic E-state index is -4.43. The van der Waals surface area contributed by atoms with Crippen molar-refractivity contribution >= 4 is 5.91 Å². The average molecular weight is 366 g/mol. The van der Waals surface area contributed by atoms with E-state index in [1.165, 1.54) is 12.1 Å². The van der Waals surface area contributed by atoms with Crippen LogP contribution in [0.2, 0.25) is 0 Å². The minimum absolute atomic E-state index is 0.165. The molecular formula is C18H21F3N4O. The summed E-state index contributed by atoms with van der Waals surface area (Å²) in [4.78, 5) is 12.6. The Bertz CT molecular complexity index is 800. The number of rotatable bonds is 4. The van der Waals surface area contributed by atoms with Crippen molar-refractivity contribution in [3.8, 4) is 0 Å². The van der Waals surface area contributed by atoms with E-state index >= 15 is 0 Å². The molecule has 0 saturated heterocycles. The summed E-state index contributed by atoms with van der Waals surface area (Å²) in [6, 6.07) is 4.97. The average Bonchev–Trinajstić information content (AvgIpc) is 3.04. The number of aromatic nitrogens is 2. The molecule has 0 spiro atoms. The van der Waals surface area contributed by atoms with Gasteiger partial charge in [0.2, 0.25) is 0 Å². The van der Waals surface area contributed by atoms with E-state index in [1.807, 2.05) is 0 Å². The van der Waals surface area contributed by atoms with Crippen LogP contribution in [0.5, 0.6) is 0 Å². The van der Waals surface area contributed by atoms with Crippen molar-refractivity contribution < 1.29 is 18.0 Å². The monoisotopic (exact) mass is 366 g/mol. The number of carbonyl (C=O) groups excluding carboxylic acids is 1. The van der Waals surface area contributed by atoms with Gasteiger partial charge >= 0.3 is 6.18 Å². The molecule has 1 aliphatic heterocycles. The fraction of sp³-hybridized carbons (Fsp3) is 0.444. The number of halogens is 3. The number of carbonyl (C=O) groups is 1. The maximum atomic E-state index is 13.2. The number of H-pyrrole nitrogens is 1. The molecule has 1 aromatic carbocycles. The first-order valence-electron chi connectivity index (χ1n) is 8.53. The summed E-state index contributed by atoms with van der Waals surface area (Å²) < 4.78 is 39.7. The van der Waals surface area contributed by atoms with Gasteiger partial charge in [-0.25, -0.2) is 0 Å². The van der Waals surface area contributed by atoms with Gasteiger partial charge in [-0.2, -0.15) is 18.3 Å². The SMILES string of the molecule is CC(NC(=O)c1n[nH]c2c1CNCC2)C(C)c1ccccc1C(F)(F)F. The molecule has 2 heterocycles. The van der Waals surface area contributed by atoms with Crippen LogP contribution in [0.25, 0.3) is 0 Å². The molecule has 0 radical (unpaired) electrons. The highest BCUT2D eigenvalue weighted by Crippen LogP contribution is 2.36. The van der Waals surface area contributed by atoms with Gasteiger partial charge in [0, 0.05) is 42.7 Å². The molecule has 140 valence electrons. The van der Waals surface area contributed by atoms with E-state index in [4.69, 9.17) is 0 Å². The van der Waals surface area contributed by atoms with E-state index in [0.717, 1.165) is 30.3 Å². The zero-order valence-electron chi connectivity index (χ0n) is 14.6. The second kappa shape index (κ2) is 7.11. The lowest BCUT2D eigenvalue weighted by Crippen LogP contribution is -2.38. The van der Waals surface area contributed by atoms with Crippen molar-refractivity contribution in [3.05, 3.63) is 52.3 Å². The van der Waals surface area contributed by atoms with Gasteiger partial charge in [-0.1, -0.05) is 25.1 Å². The zero-order chi connectivity index (χ0) is 18.9. The van der Waals surface area contributed by atoms with Crippen LogP contribution in [0.1, 0.15) is 52.6 Å². The lowest BCUT2D eigenvalue weighted by atomic mass is 9.90. The fourth-order valence-corrected chi connectivity index (χ4v) is 3.23. The van der Waals surface area contributed by atoms with Crippen LogP contribution in [0.15, 0.2) is 24.3 Å². The standard InChI is InChI=1S/C18H21F3N4O/c1-10(12-5-3-4-6-14(12)18(19,20)21)11(2)23-17(26)16-13-9-22-8-7-15(13)24-25-16/h3-6,10-11,22H,7-9H2,1-2H3,(H,23,26)(H,24,25). The number of benzene rings is 1. The number of fused-ring (bicyclic) bond motifs is 1. The van der Waals surface area contributed by atoms with Crippen molar-refractivity contribution in [3.63, 3.8) is 0 Å². The Labute approximate surface area is 149 Å². The predicted molar refractivity (Wildman–Crippen MR) is 90.8 cm³/mol. The summed E-state index contributed by atoms with van der Waals surface area (Å²) in [7, 11) is 0. The van der Waals surface area contributed by atoms with Crippen molar-refractivity contribution in [2.75, 3.05) is 6.54 Å². The topological polar surface area (TPSA) is 69.8 Å². The molecule has 3 rings (SSSR count). The van der Waals surface area contributed by atoms with Crippen molar-refractivity contribution in [2.24, 2.45) is 0 Å². The number of nitrogens with zero attached hydrogens (tertiary/aromatic N) is 1. The molecule has 1 aromatic heterocycles. The number of aromatic amines is 1. The summed E-state index contributed by atoms with van der Waals surface area (Å²) in [5.74, 6) is -0.889. The molecule has 5 nitrogen and oxygen atoms in total. The van der Waals surface area contributed by atoms with Crippen LogP contribution in [-0.2, 0) is 19.1 Å². The van der Waals surface area contributed by atoms with E-state index in [2.05, 4.69) is 20.8 Å². The Kier molecular flexibility index (Phi) is 5.04. The number of hydrogen-bond donors (Lipinski definition) is 3. The third kappa shape index (κ3) is 3.60. The van der Waals surface area contributed by atoms with Gasteiger partial charge in [0.15, 0.2) is 5.69 Å². The van der Waals surface area contributed by atoms with Crippen LogP contribution in [0.3, 0.4) is 0 Å². The number of amides is 1. The molecule has 2 aromatic rings. The third-order valence-corrected chi connectivity index (χ3v) is 4.89. The largest absolute Gasteiger partial charge is 0.416 e. The van der Waals surface area contributed by atoms with Crippen molar-refractivity contribution in [2.45, 2.75) is 44.9 Å². The Morgan fingerprint density at radius 1 is 1.27 bits per heavy atom. The molecule has 8 heteroatoms. The molecule has 26 heavy (non-hydrogen) atoms. The van der Waals surface area contributed by atoms with E-state index < -0.39 is 23.7 Å². The predicted octanol–water partition coefficient (Wildman–Crippen LogP) is 3.00. The van der Waals surface area contributed by atoms with E-state index in [9.17, 15) is 18.0 Å². The van der Waals surface area contributed by atoms with Gasteiger partial charge in [-0.3, -0.25) is 9.89 Å². The zero-order valence-corrected chi connectivity index (χ0v) is 14.6. The molecule has 3 N–H and O–H groups in total. The lowest BCUT2D eigenvalue weighted by molar-refractivity contribution is -0.138. The molecule has 0 bridgehead atoms. The van der Waals surface area contributed by atoms with Crippen LogP contribution < -0.4 is 10.6 Å². The van der Waals surface area contributed by atoms with Crippen molar-refractivity contribution in [1.82, 2.24) is 20.8 Å². The summed E-state index contributed by atoms with van der Waals surface area (Å²) >= 11 is 0. The van der Waals surface area contributed by atoms with Crippen molar-refractivity contribution in [1.29, 1.82) is 0 Å². The molecule has 1 aliphatic rings. The van der Waals surface area contributed by atoms with Gasteiger partial charge in [0.25, 0.3) is 5.91 Å². The molecule has 1 amide bonds. The van der Waals surface area contributed by atoms with Crippen LogP contribution >= 0.6 is 0 Å². The van der Waals surface area contributed by atoms with Crippen LogP contribution in [-0.4, -0.2) is 28.7 Å². The first kappa shape index (κ1) is 18.4. The summed E-state index contributed by atoms with van der Waals surface area (Å²) in [5, 5.41) is 12.9. The molecule has 2 unspecified atom stereocenters. The number of alkyl halides is 3. The van der Waals surface area contributed by atoms with Gasteiger partial charge in [-0.05, 0) is 18.6 Å². The molecule has 0 fully saturated rings. The summed E-state index contributed by atoms with van der Waals surface area (Å²) in [5.41, 5.74) is 1.55. The molecule has 0 aliphatic carbocycles. The number of hydrogen-bond acceptors (Lipinski definition) is 3. The molecule has 0 saturated carbocycles. The second-order valence-electron chi connectivity index (χ2n) is 6.59. The van der Waals surface area contributed by atoms with Crippen LogP contribution in [0, 0.1) is 0 Å². The fourth-order valence-electron chi connectivity index (χ4n) is 3.23. The Morgan fingerprint density at radius 2 is 2.00 bits per heavy atom. The maximum Gasteiger partial charge on any atom is 0.416 e. The molecular weight excluding hydrogens is 345 g/mol. The van der Waals surface area contributed by atoms with Gasteiger partial charge < -0.3 is 10.6 Å². The first-order chi connectivity index (χ1) is 12.3. The Morgan fingerprint density at radius 3 is 2.73 bits per heavy atom.